The van der Waals surface area contributed by atoms with E-state index >= 15 is 0 Å². The van der Waals surface area contributed by atoms with E-state index in [9.17, 15) is 4.79 Å². The SMILES string of the molecule is NC(=O)c1c2ccc(Br)cc2nn1-c1ccccc1. The van der Waals surface area contributed by atoms with Crippen LogP contribution in [0, 0.1) is 0 Å². The second-order valence-electron chi connectivity index (χ2n) is 4.12. The minimum absolute atomic E-state index is 0.397. The highest BCUT2D eigenvalue weighted by Gasteiger charge is 2.17. The molecule has 0 unspecified atom stereocenters. The molecule has 2 aromatic carbocycles. The summed E-state index contributed by atoms with van der Waals surface area (Å²) >= 11 is 3.39. The van der Waals surface area contributed by atoms with Gasteiger partial charge in [0.05, 0.1) is 11.2 Å². The Bertz CT molecular complexity index is 765. The molecule has 0 aliphatic heterocycles. The molecule has 0 fully saturated rings. The number of carbonyl (C=O) groups excluding carboxylic acids is 1. The summed E-state index contributed by atoms with van der Waals surface area (Å²) in [4.78, 5) is 11.7. The van der Waals surface area contributed by atoms with Gasteiger partial charge in [-0.25, -0.2) is 4.68 Å². The second-order valence-corrected chi connectivity index (χ2v) is 5.04. The van der Waals surface area contributed by atoms with Gasteiger partial charge in [0, 0.05) is 9.86 Å². The summed E-state index contributed by atoms with van der Waals surface area (Å²) in [5.41, 5.74) is 7.42. The number of aromatic nitrogens is 2. The Balaban J connectivity index is 2.35. The van der Waals surface area contributed by atoms with Gasteiger partial charge in [-0.05, 0) is 30.3 Å². The number of benzene rings is 2. The molecule has 3 rings (SSSR count). The van der Waals surface area contributed by atoms with E-state index in [1.165, 1.54) is 0 Å². The number of halogens is 1. The van der Waals surface area contributed by atoms with Crippen molar-refractivity contribution in [3.63, 3.8) is 0 Å². The number of nitrogens with zero attached hydrogens (tertiary/aromatic N) is 2. The summed E-state index contributed by atoms with van der Waals surface area (Å²) in [6, 6.07) is 15.0. The minimum atomic E-state index is -0.492. The van der Waals surface area contributed by atoms with E-state index in [0.717, 1.165) is 21.1 Å². The van der Waals surface area contributed by atoms with Gasteiger partial charge in [-0.3, -0.25) is 4.79 Å². The van der Waals surface area contributed by atoms with Crippen molar-refractivity contribution in [2.75, 3.05) is 0 Å². The fourth-order valence-corrected chi connectivity index (χ4v) is 2.40. The van der Waals surface area contributed by atoms with E-state index in [1.807, 2.05) is 48.5 Å². The van der Waals surface area contributed by atoms with Crippen LogP contribution in [0.3, 0.4) is 0 Å². The van der Waals surface area contributed by atoms with Crippen molar-refractivity contribution in [3.05, 3.63) is 58.7 Å². The highest BCUT2D eigenvalue weighted by molar-refractivity contribution is 9.10. The molecule has 1 aromatic heterocycles. The van der Waals surface area contributed by atoms with Gasteiger partial charge in [0.2, 0.25) is 0 Å². The van der Waals surface area contributed by atoms with Gasteiger partial charge < -0.3 is 5.73 Å². The molecule has 0 atom stereocenters. The van der Waals surface area contributed by atoms with Gasteiger partial charge in [0.1, 0.15) is 5.69 Å². The van der Waals surface area contributed by atoms with E-state index < -0.39 is 5.91 Å². The average molecular weight is 316 g/mol. The van der Waals surface area contributed by atoms with Gasteiger partial charge in [-0.1, -0.05) is 34.1 Å². The lowest BCUT2D eigenvalue weighted by atomic mass is 10.2. The number of fused-ring (bicyclic) bond motifs is 1. The van der Waals surface area contributed by atoms with Crippen LogP contribution in [0.4, 0.5) is 0 Å². The van der Waals surface area contributed by atoms with E-state index in [1.54, 1.807) is 4.68 Å². The van der Waals surface area contributed by atoms with Crippen LogP contribution in [0.15, 0.2) is 53.0 Å². The van der Waals surface area contributed by atoms with Gasteiger partial charge in [-0.2, -0.15) is 5.10 Å². The van der Waals surface area contributed by atoms with E-state index in [0.29, 0.717) is 5.69 Å². The third kappa shape index (κ3) is 2.02. The topological polar surface area (TPSA) is 60.9 Å². The van der Waals surface area contributed by atoms with Crippen molar-refractivity contribution in [1.29, 1.82) is 0 Å². The average Bonchev–Trinajstić information content (AvgIpc) is 2.78. The van der Waals surface area contributed by atoms with Crippen molar-refractivity contribution in [2.45, 2.75) is 0 Å². The molecular formula is C14H10BrN3O. The first kappa shape index (κ1) is 11.9. The molecule has 0 saturated heterocycles. The summed E-state index contributed by atoms with van der Waals surface area (Å²) in [5, 5.41) is 5.20. The number of rotatable bonds is 2. The number of nitrogens with two attached hydrogens (primary N) is 1. The van der Waals surface area contributed by atoms with Crippen LogP contribution in [0.1, 0.15) is 10.5 Å². The third-order valence-corrected chi connectivity index (χ3v) is 3.36. The summed E-state index contributed by atoms with van der Waals surface area (Å²) < 4.78 is 2.49. The highest BCUT2D eigenvalue weighted by atomic mass is 79.9. The van der Waals surface area contributed by atoms with Crippen LogP contribution in [0.25, 0.3) is 16.6 Å². The van der Waals surface area contributed by atoms with E-state index in [2.05, 4.69) is 21.0 Å². The first-order valence-corrected chi connectivity index (χ1v) is 6.49. The van der Waals surface area contributed by atoms with Crippen molar-refractivity contribution >= 4 is 32.7 Å². The minimum Gasteiger partial charge on any atom is -0.364 e. The van der Waals surface area contributed by atoms with Gasteiger partial charge in [-0.15, -0.1) is 0 Å². The van der Waals surface area contributed by atoms with Crippen molar-refractivity contribution < 1.29 is 4.79 Å². The van der Waals surface area contributed by atoms with E-state index in [-0.39, 0.29) is 0 Å². The molecule has 19 heavy (non-hydrogen) atoms. The molecule has 4 nitrogen and oxygen atoms in total. The Hall–Kier alpha value is -2.14. The molecule has 0 spiro atoms. The fourth-order valence-electron chi connectivity index (χ4n) is 2.05. The maximum absolute atomic E-state index is 11.7. The monoisotopic (exact) mass is 315 g/mol. The van der Waals surface area contributed by atoms with Gasteiger partial charge >= 0.3 is 0 Å². The first-order valence-electron chi connectivity index (χ1n) is 5.70. The van der Waals surface area contributed by atoms with Crippen molar-refractivity contribution in [1.82, 2.24) is 9.78 Å². The fraction of sp³-hybridized carbons (Fsp3) is 0. The molecule has 1 heterocycles. The Morgan fingerprint density at radius 3 is 2.58 bits per heavy atom. The summed E-state index contributed by atoms with van der Waals surface area (Å²) in [7, 11) is 0. The second kappa shape index (κ2) is 4.51. The normalized spacial score (nSPS) is 10.8. The highest BCUT2D eigenvalue weighted by Crippen LogP contribution is 2.24. The standard InChI is InChI=1S/C14H10BrN3O/c15-9-6-7-11-12(8-9)17-18(13(11)14(16)19)10-4-2-1-3-5-10/h1-8H,(H2,16,19). The predicted octanol–water partition coefficient (Wildman–Crippen LogP) is 2.89. The maximum Gasteiger partial charge on any atom is 0.268 e. The van der Waals surface area contributed by atoms with Crippen LogP contribution in [0.2, 0.25) is 0 Å². The summed E-state index contributed by atoms with van der Waals surface area (Å²) in [5.74, 6) is -0.492. The number of amides is 1. The Morgan fingerprint density at radius 1 is 1.16 bits per heavy atom. The smallest absolute Gasteiger partial charge is 0.268 e. The Kier molecular flexibility index (Phi) is 2.83. The quantitative estimate of drug-likeness (QED) is 0.790. The Labute approximate surface area is 118 Å². The van der Waals surface area contributed by atoms with Crippen LogP contribution in [0.5, 0.6) is 0 Å². The molecule has 0 bridgehead atoms. The molecule has 2 N–H and O–H groups in total. The number of hydrogen-bond acceptors (Lipinski definition) is 2. The number of carbonyl (C=O) groups is 1. The van der Waals surface area contributed by atoms with Crippen LogP contribution < -0.4 is 5.73 Å². The van der Waals surface area contributed by atoms with Crippen LogP contribution in [-0.2, 0) is 0 Å². The molecule has 0 aliphatic rings. The lowest BCUT2D eigenvalue weighted by Gasteiger charge is -2.04. The van der Waals surface area contributed by atoms with Gasteiger partial charge in [0.15, 0.2) is 0 Å². The number of para-hydroxylation sites is 1. The lowest BCUT2D eigenvalue weighted by Crippen LogP contribution is -2.16. The molecule has 0 saturated carbocycles. The largest absolute Gasteiger partial charge is 0.364 e. The molecule has 1 amide bonds. The summed E-state index contributed by atoms with van der Waals surface area (Å²) in [6.45, 7) is 0. The Morgan fingerprint density at radius 2 is 1.89 bits per heavy atom. The van der Waals surface area contributed by atoms with Crippen LogP contribution >= 0.6 is 15.9 Å². The summed E-state index contributed by atoms with van der Waals surface area (Å²) in [6.07, 6.45) is 0. The van der Waals surface area contributed by atoms with E-state index in [4.69, 9.17) is 5.73 Å². The predicted molar refractivity (Wildman–Crippen MR) is 77.3 cm³/mol. The molecule has 94 valence electrons. The molecule has 3 aromatic rings. The maximum atomic E-state index is 11.7. The number of hydrogen-bond donors (Lipinski definition) is 1. The first-order chi connectivity index (χ1) is 9.16. The van der Waals surface area contributed by atoms with Crippen molar-refractivity contribution in [2.24, 2.45) is 5.73 Å². The zero-order valence-electron chi connectivity index (χ0n) is 9.88. The van der Waals surface area contributed by atoms with Gasteiger partial charge in [0.25, 0.3) is 5.91 Å². The lowest BCUT2D eigenvalue weighted by molar-refractivity contribution is 0.0994. The van der Waals surface area contributed by atoms with Crippen LogP contribution in [-0.4, -0.2) is 15.7 Å². The number of primary amides is 1. The molecule has 0 aliphatic carbocycles. The molecule has 0 radical (unpaired) electrons. The third-order valence-electron chi connectivity index (χ3n) is 2.87. The zero-order chi connectivity index (χ0) is 13.4. The molecular weight excluding hydrogens is 306 g/mol. The van der Waals surface area contributed by atoms with Crippen molar-refractivity contribution in [3.8, 4) is 5.69 Å². The zero-order valence-corrected chi connectivity index (χ0v) is 11.5. The molecule has 5 heteroatoms.